The van der Waals surface area contributed by atoms with Crippen molar-refractivity contribution >= 4 is 5.97 Å². The Balaban J connectivity index is 2.18. The van der Waals surface area contributed by atoms with Crippen LogP contribution in [-0.2, 0) is 22.5 Å². The monoisotopic (exact) mass is 198 g/mol. The predicted octanol–water partition coefficient (Wildman–Crippen LogP) is -1.23. The minimum absolute atomic E-state index is 0.220. The number of carbonyl (C=O) groups excluding carboxylic acids is 1. The number of hydrogen-bond acceptors (Lipinski definition) is 5. The maximum Gasteiger partial charge on any atom is 0.315 e. The molecule has 2 heterocycles. The largest absolute Gasteiger partial charge is 0.539 e. The van der Waals surface area contributed by atoms with Crippen LogP contribution in [0.25, 0.3) is 0 Å². The highest BCUT2D eigenvalue weighted by Crippen LogP contribution is 2.19. The Kier molecular flexibility index (Phi) is 2.11. The summed E-state index contributed by atoms with van der Waals surface area (Å²) in [6.45, 7) is 0.369. The van der Waals surface area contributed by atoms with Gasteiger partial charge in [0.15, 0.2) is 12.5 Å². The lowest BCUT2D eigenvalue weighted by Gasteiger charge is -2.13. The van der Waals surface area contributed by atoms with Crippen LogP contribution in [0.15, 0.2) is 4.52 Å². The van der Waals surface area contributed by atoms with Crippen LogP contribution in [0.5, 0.6) is 5.95 Å². The van der Waals surface area contributed by atoms with Crippen LogP contribution in [0.2, 0.25) is 0 Å². The summed E-state index contributed by atoms with van der Waals surface area (Å²) in [7, 11) is 1.35. The van der Waals surface area contributed by atoms with E-state index in [1.807, 2.05) is 0 Å². The maximum atomic E-state index is 11.2. The molecule has 1 atom stereocenters. The minimum Gasteiger partial charge on any atom is -0.539 e. The average molecular weight is 198 g/mol. The zero-order valence-electron chi connectivity index (χ0n) is 7.73. The number of methoxy groups -OCH3 is 1. The Morgan fingerprint density at radius 2 is 2.57 bits per heavy atom. The Morgan fingerprint density at radius 3 is 3.29 bits per heavy atom. The van der Waals surface area contributed by atoms with Crippen molar-refractivity contribution in [3.8, 4) is 5.95 Å². The van der Waals surface area contributed by atoms with Gasteiger partial charge in [0.1, 0.15) is 5.92 Å². The Labute approximate surface area is 80.0 Å². The Bertz CT molecular complexity index is 360. The third-order valence-corrected chi connectivity index (χ3v) is 2.43. The predicted molar refractivity (Wildman–Crippen MR) is 40.0 cm³/mol. The SMILES string of the molecule is COC(=O)C1CCc2c([O-])on[n+]2C1. The van der Waals surface area contributed by atoms with Crippen molar-refractivity contribution < 1.29 is 23.8 Å². The molecule has 0 bridgehead atoms. The molecule has 76 valence electrons. The lowest BCUT2D eigenvalue weighted by Crippen LogP contribution is -2.48. The zero-order valence-corrected chi connectivity index (χ0v) is 7.73. The summed E-state index contributed by atoms with van der Waals surface area (Å²) in [5, 5.41) is 14.6. The normalized spacial score (nSPS) is 20.2. The summed E-state index contributed by atoms with van der Waals surface area (Å²) in [5.41, 5.74) is 0.533. The standard InChI is InChI=1S/C8H10N2O4/c1-13-7(11)5-2-3-6-8(12)14-9-10(6)4-5/h5H,2-4H2,1H3. The molecule has 0 radical (unpaired) electrons. The number of hydrogen-bond donors (Lipinski definition) is 0. The molecule has 0 amide bonds. The Morgan fingerprint density at radius 1 is 1.79 bits per heavy atom. The van der Waals surface area contributed by atoms with E-state index in [0.717, 1.165) is 0 Å². The fourth-order valence-electron chi connectivity index (χ4n) is 1.64. The van der Waals surface area contributed by atoms with Crippen molar-refractivity contribution in [3.63, 3.8) is 0 Å². The Hall–Kier alpha value is -1.59. The summed E-state index contributed by atoms with van der Waals surface area (Å²) < 4.78 is 10.5. The summed E-state index contributed by atoms with van der Waals surface area (Å²) >= 11 is 0. The van der Waals surface area contributed by atoms with E-state index in [0.29, 0.717) is 25.1 Å². The van der Waals surface area contributed by atoms with Gasteiger partial charge in [0.2, 0.25) is 5.69 Å². The third kappa shape index (κ3) is 1.32. The molecule has 1 aliphatic rings. The van der Waals surface area contributed by atoms with E-state index in [2.05, 4.69) is 14.5 Å². The second-order valence-corrected chi connectivity index (χ2v) is 3.25. The lowest BCUT2D eigenvalue weighted by molar-refractivity contribution is -0.776. The van der Waals surface area contributed by atoms with Gasteiger partial charge in [-0.25, -0.2) is 0 Å². The van der Waals surface area contributed by atoms with E-state index in [1.54, 1.807) is 0 Å². The van der Waals surface area contributed by atoms with Gasteiger partial charge in [-0.1, -0.05) is 4.68 Å². The van der Waals surface area contributed by atoms with Crippen molar-refractivity contribution in [3.05, 3.63) is 5.69 Å². The second-order valence-electron chi connectivity index (χ2n) is 3.25. The molecule has 0 fully saturated rings. The van der Waals surface area contributed by atoms with Gasteiger partial charge in [-0.05, 0) is 6.42 Å². The highest BCUT2D eigenvalue weighted by molar-refractivity contribution is 5.72. The molecule has 14 heavy (non-hydrogen) atoms. The third-order valence-electron chi connectivity index (χ3n) is 2.43. The molecule has 1 aromatic rings. The summed E-state index contributed by atoms with van der Waals surface area (Å²) in [4.78, 5) is 11.2. The van der Waals surface area contributed by atoms with Crippen LogP contribution < -0.4 is 9.79 Å². The number of esters is 1. The van der Waals surface area contributed by atoms with E-state index in [9.17, 15) is 9.90 Å². The van der Waals surface area contributed by atoms with Crippen LogP contribution in [0.3, 0.4) is 0 Å². The van der Waals surface area contributed by atoms with Gasteiger partial charge < -0.3 is 14.4 Å². The van der Waals surface area contributed by atoms with E-state index >= 15 is 0 Å². The van der Waals surface area contributed by atoms with Gasteiger partial charge in [-0.15, -0.1) is 0 Å². The van der Waals surface area contributed by atoms with Crippen LogP contribution in [0, 0.1) is 5.92 Å². The van der Waals surface area contributed by atoms with Gasteiger partial charge >= 0.3 is 5.97 Å². The lowest BCUT2D eigenvalue weighted by atomic mass is 9.99. The van der Waals surface area contributed by atoms with Crippen LogP contribution >= 0.6 is 0 Å². The van der Waals surface area contributed by atoms with Crippen LogP contribution in [0.1, 0.15) is 12.1 Å². The molecule has 1 aliphatic heterocycles. The fourth-order valence-corrected chi connectivity index (χ4v) is 1.64. The fraction of sp³-hybridized carbons (Fsp3) is 0.625. The van der Waals surface area contributed by atoms with E-state index in [4.69, 9.17) is 0 Å². The molecular weight excluding hydrogens is 188 g/mol. The van der Waals surface area contributed by atoms with E-state index in [1.165, 1.54) is 11.8 Å². The first kappa shape index (κ1) is 8.98. The first-order valence-electron chi connectivity index (χ1n) is 4.36. The number of nitrogens with zero attached hydrogens (tertiary/aromatic N) is 2. The smallest absolute Gasteiger partial charge is 0.315 e. The molecule has 6 heteroatoms. The molecule has 0 spiro atoms. The summed E-state index contributed by atoms with van der Waals surface area (Å²) in [5.74, 6) is -0.895. The minimum atomic E-state index is -0.409. The van der Waals surface area contributed by atoms with Gasteiger partial charge in [0.25, 0.3) is 0 Å². The molecule has 1 aromatic heterocycles. The van der Waals surface area contributed by atoms with E-state index < -0.39 is 5.95 Å². The molecule has 1 unspecified atom stereocenters. The number of rotatable bonds is 1. The van der Waals surface area contributed by atoms with Crippen molar-refractivity contribution in [1.82, 2.24) is 5.27 Å². The van der Waals surface area contributed by atoms with Gasteiger partial charge in [0.05, 0.1) is 12.4 Å². The molecular formula is C8H10N2O4. The topological polar surface area (TPSA) is 79.3 Å². The van der Waals surface area contributed by atoms with Gasteiger partial charge in [-0.3, -0.25) is 4.79 Å². The zero-order chi connectivity index (χ0) is 10.1. The molecule has 0 N–H and O–H groups in total. The number of carbonyl (C=O) groups is 1. The van der Waals surface area contributed by atoms with Crippen molar-refractivity contribution in [2.75, 3.05) is 7.11 Å². The number of ether oxygens (including phenoxy) is 1. The van der Waals surface area contributed by atoms with Crippen molar-refractivity contribution in [2.45, 2.75) is 19.4 Å². The molecule has 0 saturated carbocycles. The quantitative estimate of drug-likeness (QED) is 0.417. The first-order valence-corrected chi connectivity index (χ1v) is 4.36. The van der Waals surface area contributed by atoms with Gasteiger partial charge in [0, 0.05) is 6.42 Å². The molecule has 6 nitrogen and oxygen atoms in total. The van der Waals surface area contributed by atoms with E-state index in [-0.39, 0.29) is 11.9 Å². The molecule has 0 saturated heterocycles. The van der Waals surface area contributed by atoms with Gasteiger partial charge in [-0.2, -0.15) is 0 Å². The molecule has 0 aliphatic carbocycles. The van der Waals surface area contributed by atoms with Crippen molar-refractivity contribution in [1.29, 1.82) is 0 Å². The first-order chi connectivity index (χ1) is 6.72. The van der Waals surface area contributed by atoms with Crippen LogP contribution in [-0.4, -0.2) is 18.4 Å². The molecule has 2 rings (SSSR count). The number of aromatic nitrogens is 2. The number of fused-ring (bicyclic) bond motifs is 1. The average Bonchev–Trinajstić information content (AvgIpc) is 2.59. The maximum absolute atomic E-state index is 11.2. The second kappa shape index (κ2) is 3.28. The highest BCUT2D eigenvalue weighted by atomic mass is 16.6. The summed E-state index contributed by atoms with van der Waals surface area (Å²) in [6.07, 6.45) is 1.13. The molecule has 0 aromatic carbocycles. The van der Waals surface area contributed by atoms with Crippen molar-refractivity contribution in [2.24, 2.45) is 5.92 Å². The highest BCUT2D eigenvalue weighted by Gasteiger charge is 2.33. The summed E-state index contributed by atoms with van der Waals surface area (Å²) in [6, 6.07) is 0. The van der Waals surface area contributed by atoms with Crippen LogP contribution in [0.4, 0.5) is 0 Å².